The van der Waals surface area contributed by atoms with Crippen LogP contribution in [0.1, 0.15) is 32.6 Å². The van der Waals surface area contributed by atoms with E-state index >= 15 is 0 Å². The zero-order valence-electron chi connectivity index (χ0n) is 12.5. The standard InChI is InChI=1S/C14H26N4S/c1-11(2)15-9-13-10-16-14(19-13)18-7-5-17(6-8-18)12(3)4/h10-12,15H,5-9H2,1-4H3. The number of hydrogen-bond acceptors (Lipinski definition) is 5. The molecule has 0 bridgehead atoms. The van der Waals surface area contributed by atoms with E-state index in [1.165, 1.54) is 10.0 Å². The second kappa shape index (κ2) is 6.68. The number of piperazine rings is 1. The number of nitrogens with zero attached hydrogens (tertiary/aromatic N) is 3. The van der Waals surface area contributed by atoms with Crippen LogP contribution < -0.4 is 10.2 Å². The van der Waals surface area contributed by atoms with E-state index in [9.17, 15) is 0 Å². The van der Waals surface area contributed by atoms with Crippen molar-refractivity contribution >= 4 is 16.5 Å². The zero-order chi connectivity index (χ0) is 13.8. The molecule has 1 aromatic rings. The average molecular weight is 282 g/mol. The van der Waals surface area contributed by atoms with Crippen LogP contribution in [0.25, 0.3) is 0 Å². The van der Waals surface area contributed by atoms with Gasteiger partial charge in [-0.05, 0) is 13.8 Å². The molecule has 1 N–H and O–H groups in total. The van der Waals surface area contributed by atoms with Crippen molar-refractivity contribution < 1.29 is 0 Å². The minimum Gasteiger partial charge on any atom is -0.346 e. The van der Waals surface area contributed by atoms with Crippen LogP contribution in [0.15, 0.2) is 6.20 Å². The van der Waals surface area contributed by atoms with E-state index < -0.39 is 0 Å². The van der Waals surface area contributed by atoms with Gasteiger partial charge in [0.15, 0.2) is 5.13 Å². The summed E-state index contributed by atoms with van der Waals surface area (Å²) in [4.78, 5) is 10.9. The molecule has 0 spiro atoms. The van der Waals surface area contributed by atoms with E-state index in [1.807, 2.05) is 17.5 Å². The molecule has 0 aromatic carbocycles. The first kappa shape index (κ1) is 14.8. The van der Waals surface area contributed by atoms with Gasteiger partial charge in [-0.1, -0.05) is 13.8 Å². The fourth-order valence-corrected chi connectivity index (χ4v) is 3.17. The number of hydrogen-bond donors (Lipinski definition) is 1. The zero-order valence-corrected chi connectivity index (χ0v) is 13.3. The lowest BCUT2D eigenvalue weighted by atomic mass is 10.2. The van der Waals surface area contributed by atoms with Gasteiger partial charge in [0.05, 0.1) is 0 Å². The topological polar surface area (TPSA) is 31.4 Å². The first-order valence-corrected chi connectivity index (χ1v) is 8.05. The molecule has 1 aliphatic rings. The third-order valence-corrected chi connectivity index (χ3v) is 4.60. The lowest BCUT2D eigenvalue weighted by Crippen LogP contribution is -2.48. The van der Waals surface area contributed by atoms with E-state index in [4.69, 9.17) is 0 Å². The highest BCUT2D eigenvalue weighted by Gasteiger charge is 2.20. The largest absolute Gasteiger partial charge is 0.346 e. The Labute approximate surface area is 120 Å². The van der Waals surface area contributed by atoms with Crippen LogP contribution in [-0.2, 0) is 6.54 Å². The summed E-state index contributed by atoms with van der Waals surface area (Å²) in [6.07, 6.45) is 2.02. The lowest BCUT2D eigenvalue weighted by molar-refractivity contribution is 0.209. The Kier molecular flexibility index (Phi) is 5.19. The van der Waals surface area contributed by atoms with Gasteiger partial charge in [-0.3, -0.25) is 4.90 Å². The highest BCUT2D eigenvalue weighted by atomic mass is 32.1. The quantitative estimate of drug-likeness (QED) is 0.897. The van der Waals surface area contributed by atoms with Crippen LogP contribution in [0, 0.1) is 0 Å². The van der Waals surface area contributed by atoms with Crippen LogP contribution in [0.3, 0.4) is 0 Å². The summed E-state index contributed by atoms with van der Waals surface area (Å²) in [6.45, 7) is 14.3. The van der Waals surface area contributed by atoms with Gasteiger partial charge >= 0.3 is 0 Å². The summed E-state index contributed by atoms with van der Waals surface area (Å²) >= 11 is 1.82. The monoisotopic (exact) mass is 282 g/mol. The molecule has 0 saturated carbocycles. The van der Waals surface area contributed by atoms with Gasteiger partial charge < -0.3 is 10.2 Å². The van der Waals surface area contributed by atoms with E-state index in [0.717, 1.165) is 32.7 Å². The minimum absolute atomic E-state index is 0.528. The maximum atomic E-state index is 4.57. The fraction of sp³-hybridized carbons (Fsp3) is 0.786. The molecule has 1 fully saturated rings. The third-order valence-electron chi connectivity index (χ3n) is 3.54. The molecule has 4 nitrogen and oxygen atoms in total. The summed E-state index contributed by atoms with van der Waals surface area (Å²) in [5.74, 6) is 0. The first-order valence-electron chi connectivity index (χ1n) is 7.23. The molecule has 1 aromatic heterocycles. The number of aromatic nitrogens is 1. The van der Waals surface area contributed by atoms with Crippen molar-refractivity contribution in [2.75, 3.05) is 31.1 Å². The van der Waals surface area contributed by atoms with Gasteiger partial charge in [0, 0.05) is 55.9 Å². The molecule has 0 unspecified atom stereocenters. The van der Waals surface area contributed by atoms with Crippen molar-refractivity contribution in [1.29, 1.82) is 0 Å². The van der Waals surface area contributed by atoms with Gasteiger partial charge in [0.25, 0.3) is 0 Å². The molecule has 108 valence electrons. The van der Waals surface area contributed by atoms with Gasteiger partial charge in [-0.2, -0.15) is 0 Å². The maximum Gasteiger partial charge on any atom is 0.185 e. The molecule has 0 atom stereocenters. The van der Waals surface area contributed by atoms with Crippen molar-refractivity contribution in [3.63, 3.8) is 0 Å². The number of nitrogens with one attached hydrogen (secondary N) is 1. The maximum absolute atomic E-state index is 4.57. The smallest absolute Gasteiger partial charge is 0.185 e. The molecule has 1 saturated heterocycles. The van der Waals surface area contributed by atoms with E-state index in [1.54, 1.807) is 0 Å². The number of thiazole rings is 1. The Morgan fingerprint density at radius 1 is 1.21 bits per heavy atom. The van der Waals surface area contributed by atoms with Crippen LogP contribution in [0.2, 0.25) is 0 Å². The molecule has 2 heterocycles. The number of anilines is 1. The Balaban J connectivity index is 1.86. The highest BCUT2D eigenvalue weighted by molar-refractivity contribution is 7.15. The second-order valence-corrected chi connectivity index (χ2v) is 6.86. The van der Waals surface area contributed by atoms with Gasteiger partial charge in [0.1, 0.15) is 0 Å². The van der Waals surface area contributed by atoms with Crippen molar-refractivity contribution in [3.05, 3.63) is 11.1 Å². The van der Waals surface area contributed by atoms with Gasteiger partial charge in [-0.25, -0.2) is 4.98 Å². The predicted molar refractivity (Wildman–Crippen MR) is 83.0 cm³/mol. The average Bonchev–Trinajstić information content (AvgIpc) is 2.85. The minimum atomic E-state index is 0.528. The molecule has 0 radical (unpaired) electrons. The molecule has 1 aliphatic heterocycles. The second-order valence-electron chi connectivity index (χ2n) is 5.76. The molecular formula is C14H26N4S. The van der Waals surface area contributed by atoms with E-state index in [-0.39, 0.29) is 0 Å². The van der Waals surface area contributed by atoms with Crippen LogP contribution in [0.4, 0.5) is 5.13 Å². The SMILES string of the molecule is CC(C)NCc1cnc(N2CCN(C(C)C)CC2)s1. The Bertz CT molecular complexity index is 381. The molecule has 0 aliphatic carbocycles. The molecule has 0 amide bonds. The first-order chi connectivity index (χ1) is 9.06. The van der Waals surface area contributed by atoms with Crippen LogP contribution in [0.5, 0.6) is 0 Å². The van der Waals surface area contributed by atoms with Crippen molar-refractivity contribution in [2.45, 2.75) is 46.3 Å². The van der Waals surface area contributed by atoms with E-state index in [0.29, 0.717) is 12.1 Å². The predicted octanol–water partition coefficient (Wildman–Crippen LogP) is 2.17. The highest BCUT2D eigenvalue weighted by Crippen LogP contribution is 2.23. The molecule has 2 rings (SSSR count). The summed E-state index contributed by atoms with van der Waals surface area (Å²) in [5.41, 5.74) is 0. The van der Waals surface area contributed by atoms with Gasteiger partial charge in [0.2, 0.25) is 0 Å². The van der Waals surface area contributed by atoms with Crippen molar-refractivity contribution in [2.24, 2.45) is 0 Å². The normalized spacial score (nSPS) is 17.7. The summed E-state index contributed by atoms with van der Waals surface area (Å²) in [7, 11) is 0. The summed E-state index contributed by atoms with van der Waals surface area (Å²) in [6, 6.07) is 1.18. The molecule has 5 heteroatoms. The Morgan fingerprint density at radius 2 is 1.89 bits per heavy atom. The lowest BCUT2D eigenvalue weighted by Gasteiger charge is -2.36. The third kappa shape index (κ3) is 4.16. The van der Waals surface area contributed by atoms with Crippen LogP contribution >= 0.6 is 11.3 Å². The molecule has 19 heavy (non-hydrogen) atoms. The fourth-order valence-electron chi connectivity index (χ4n) is 2.26. The summed E-state index contributed by atoms with van der Waals surface area (Å²) < 4.78 is 0. The Hall–Kier alpha value is -0.650. The summed E-state index contributed by atoms with van der Waals surface area (Å²) in [5, 5.41) is 4.63. The van der Waals surface area contributed by atoms with Crippen molar-refractivity contribution in [1.82, 2.24) is 15.2 Å². The van der Waals surface area contributed by atoms with Crippen molar-refractivity contribution in [3.8, 4) is 0 Å². The Morgan fingerprint density at radius 3 is 2.47 bits per heavy atom. The van der Waals surface area contributed by atoms with Gasteiger partial charge in [-0.15, -0.1) is 11.3 Å². The number of rotatable bonds is 5. The van der Waals surface area contributed by atoms with Crippen LogP contribution in [-0.4, -0.2) is 48.1 Å². The molecular weight excluding hydrogens is 256 g/mol. The van der Waals surface area contributed by atoms with E-state index in [2.05, 4.69) is 47.8 Å².